The molecule has 2 aromatic carbocycles. The lowest BCUT2D eigenvalue weighted by atomic mass is 10.2. The Kier molecular flexibility index (Phi) is 4.17. The molecule has 0 atom stereocenters. The van der Waals surface area contributed by atoms with Gasteiger partial charge in [0.05, 0.1) is 29.8 Å². The van der Waals surface area contributed by atoms with Gasteiger partial charge in [-0.2, -0.15) is 9.50 Å². The van der Waals surface area contributed by atoms with E-state index in [0.717, 1.165) is 29.0 Å². The van der Waals surface area contributed by atoms with Crippen molar-refractivity contribution in [2.75, 3.05) is 13.2 Å². The van der Waals surface area contributed by atoms with Crippen LogP contribution < -0.4 is 15.0 Å². The van der Waals surface area contributed by atoms with Gasteiger partial charge in [0, 0.05) is 24.4 Å². The van der Waals surface area contributed by atoms with E-state index in [1.54, 1.807) is 21.5 Å². The van der Waals surface area contributed by atoms with E-state index in [4.69, 9.17) is 9.47 Å². The molecule has 0 N–H and O–H groups in total. The molecule has 0 bridgehead atoms. The van der Waals surface area contributed by atoms with Crippen LogP contribution in [0.2, 0.25) is 0 Å². The second-order valence-electron chi connectivity index (χ2n) is 7.69. The number of rotatable bonds is 2. The molecule has 0 spiro atoms. The number of aromatic nitrogens is 5. The highest BCUT2D eigenvalue weighted by molar-refractivity contribution is 5.79. The first-order chi connectivity index (χ1) is 15.7. The summed E-state index contributed by atoms with van der Waals surface area (Å²) in [6.07, 6.45) is 4.17. The van der Waals surface area contributed by atoms with Crippen LogP contribution in [0.4, 0.5) is 0 Å². The molecule has 0 unspecified atom stereocenters. The number of ether oxygens (including phenoxy) is 2. The van der Waals surface area contributed by atoms with Crippen molar-refractivity contribution in [3.63, 3.8) is 0 Å². The number of benzene rings is 2. The first-order valence-corrected chi connectivity index (χ1v) is 10.4. The van der Waals surface area contributed by atoms with Crippen molar-refractivity contribution in [1.82, 2.24) is 24.1 Å². The molecule has 0 aliphatic carbocycles. The first-order valence-electron chi connectivity index (χ1n) is 10.4. The van der Waals surface area contributed by atoms with E-state index >= 15 is 0 Å². The largest absolute Gasteiger partial charge is 0.490 e. The standard InChI is InChI=1S/C24H19N5O3/c1-15-5-2-3-6-18(15)28-10-9-19-17(23(28)30)14-25-24-26-22(27-29(19)24)16-7-8-20-21(13-16)32-12-4-11-31-20/h2-3,5-10,13-14H,4,11-12H2,1H3. The maximum atomic E-state index is 13.2. The van der Waals surface area contributed by atoms with Crippen molar-refractivity contribution in [2.45, 2.75) is 13.3 Å². The first kappa shape index (κ1) is 18.6. The smallest absolute Gasteiger partial charge is 0.266 e. The van der Waals surface area contributed by atoms with Crippen LogP contribution >= 0.6 is 0 Å². The zero-order chi connectivity index (χ0) is 21.7. The van der Waals surface area contributed by atoms with Gasteiger partial charge in [-0.25, -0.2) is 4.98 Å². The molecule has 0 amide bonds. The van der Waals surface area contributed by atoms with Gasteiger partial charge in [0.25, 0.3) is 11.3 Å². The number of nitrogens with zero attached hydrogens (tertiary/aromatic N) is 5. The molecule has 8 nitrogen and oxygen atoms in total. The van der Waals surface area contributed by atoms with Crippen molar-refractivity contribution >= 4 is 16.7 Å². The maximum Gasteiger partial charge on any atom is 0.266 e. The van der Waals surface area contributed by atoms with Crippen LogP contribution in [0.1, 0.15) is 12.0 Å². The number of pyridine rings is 1. The van der Waals surface area contributed by atoms with Gasteiger partial charge in [0.2, 0.25) is 0 Å². The molecule has 0 radical (unpaired) electrons. The highest BCUT2D eigenvalue weighted by atomic mass is 16.5. The van der Waals surface area contributed by atoms with Gasteiger partial charge in [-0.1, -0.05) is 18.2 Å². The summed E-state index contributed by atoms with van der Waals surface area (Å²) in [5.41, 5.74) is 3.14. The summed E-state index contributed by atoms with van der Waals surface area (Å²) in [5.74, 6) is 2.32. The Morgan fingerprint density at radius 2 is 1.84 bits per heavy atom. The topological polar surface area (TPSA) is 83.5 Å². The van der Waals surface area contributed by atoms with Crippen LogP contribution in [-0.4, -0.2) is 37.4 Å². The van der Waals surface area contributed by atoms with Gasteiger partial charge < -0.3 is 9.47 Å². The molecule has 3 aromatic heterocycles. The summed E-state index contributed by atoms with van der Waals surface area (Å²) >= 11 is 0. The second kappa shape index (κ2) is 7.19. The van der Waals surface area contributed by atoms with E-state index in [1.165, 1.54) is 0 Å². The summed E-state index contributed by atoms with van der Waals surface area (Å²) < 4.78 is 14.7. The highest BCUT2D eigenvalue weighted by Crippen LogP contribution is 2.33. The normalized spacial score (nSPS) is 13.4. The fourth-order valence-corrected chi connectivity index (χ4v) is 3.97. The van der Waals surface area contributed by atoms with Crippen LogP contribution in [0.3, 0.4) is 0 Å². The second-order valence-corrected chi connectivity index (χ2v) is 7.69. The van der Waals surface area contributed by atoms with E-state index in [9.17, 15) is 4.79 Å². The van der Waals surface area contributed by atoms with Crippen molar-refractivity contribution in [3.05, 3.63) is 76.8 Å². The number of fused-ring (bicyclic) bond motifs is 4. The molecular formula is C24H19N5O3. The molecule has 4 heterocycles. The number of aryl methyl sites for hydroxylation is 1. The summed E-state index contributed by atoms with van der Waals surface area (Å²) in [6, 6.07) is 15.3. The van der Waals surface area contributed by atoms with Gasteiger partial charge >= 0.3 is 0 Å². The fraction of sp³-hybridized carbons (Fsp3) is 0.167. The lowest BCUT2D eigenvalue weighted by Gasteiger charge is -2.10. The zero-order valence-corrected chi connectivity index (χ0v) is 17.4. The number of hydrogen-bond acceptors (Lipinski definition) is 6. The maximum absolute atomic E-state index is 13.2. The van der Waals surface area contributed by atoms with E-state index in [-0.39, 0.29) is 5.56 Å². The van der Waals surface area contributed by atoms with Gasteiger partial charge in [-0.15, -0.1) is 5.10 Å². The summed E-state index contributed by atoms with van der Waals surface area (Å²) in [5, 5.41) is 5.11. The van der Waals surface area contributed by atoms with Gasteiger partial charge in [-0.05, 0) is 42.8 Å². The Morgan fingerprint density at radius 1 is 1.00 bits per heavy atom. The Bertz CT molecular complexity index is 1550. The minimum absolute atomic E-state index is 0.154. The SMILES string of the molecule is Cc1ccccc1-n1ccc2c(cnc3nc(-c4ccc5c(c4)OCCCO5)nn32)c1=O. The third-order valence-electron chi connectivity index (χ3n) is 5.61. The Balaban J connectivity index is 1.49. The van der Waals surface area contributed by atoms with Crippen molar-refractivity contribution in [3.8, 4) is 28.6 Å². The summed E-state index contributed by atoms with van der Waals surface area (Å²) in [7, 11) is 0. The average molecular weight is 425 g/mol. The molecule has 8 heteroatoms. The van der Waals surface area contributed by atoms with Crippen molar-refractivity contribution in [1.29, 1.82) is 0 Å². The van der Waals surface area contributed by atoms with E-state index in [1.807, 2.05) is 55.5 Å². The van der Waals surface area contributed by atoms with Crippen LogP contribution in [0.5, 0.6) is 11.5 Å². The monoisotopic (exact) mass is 425 g/mol. The molecule has 0 saturated carbocycles. The lowest BCUT2D eigenvalue weighted by Crippen LogP contribution is -2.19. The van der Waals surface area contributed by atoms with E-state index in [0.29, 0.717) is 41.5 Å². The third kappa shape index (κ3) is 2.91. The highest BCUT2D eigenvalue weighted by Gasteiger charge is 2.16. The molecule has 6 rings (SSSR count). The molecule has 5 aromatic rings. The average Bonchev–Trinajstić information content (AvgIpc) is 3.11. The molecule has 1 aliphatic rings. The minimum atomic E-state index is -0.154. The summed E-state index contributed by atoms with van der Waals surface area (Å²) in [4.78, 5) is 22.2. The van der Waals surface area contributed by atoms with Crippen LogP contribution in [0.25, 0.3) is 33.8 Å². The van der Waals surface area contributed by atoms with Crippen molar-refractivity contribution < 1.29 is 9.47 Å². The Labute approximate surface area is 182 Å². The summed E-state index contributed by atoms with van der Waals surface area (Å²) in [6.45, 7) is 3.22. The predicted molar refractivity (Wildman–Crippen MR) is 120 cm³/mol. The molecule has 158 valence electrons. The minimum Gasteiger partial charge on any atom is -0.490 e. The van der Waals surface area contributed by atoms with Crippen LogP contribution in [-0.2, 0) is 0 Å². The Hall–Kier alpha value is -4.20. The molecule has 0 fully saturated rings. The van der Waals surface area contributed by atoms with Gasteiger partial charge in [0.15, 0.2) is 17.3 Å². The number of hydrogen-bond donors (Lipinski definition) is 0. The predicted octanol–water partition coefficient (Wildman–Crippen LogP) is 3.57. The van der Waals surface area contributed by atoms with Crippen LogP contribution in [0.15, 0.2) is 65.7 Å². The number of para-hydroxylation sites is 1. The van der Waals surface area contributed by atoms with Crippen molar-refractivity contribution in [2.24, 2.45) is 0 Å². The molecular weight excluding hydrogens is 406 g/mol. The fourth-order valence-electron chi connectivity index (χ4n) is 3.97. The quantitative estimate of drug-likeness (QED) is 0.430. The van der Waals surface area contributed by atoms with Crippen LogP contribution in [0, 0.1) is 6.92 Å². The van der Waals surface area contributed by atoms with E-state index < -0.39 is 0 Å². The molecule has 0 saturated heterocycles. The lowest BCUT2D eigenvalue weighted by molar-refractivity contribution is 0.297. The molecule has 32 heavy (non-hydrogen) atoms. The van der Waals surface area contributed by atoms with E-state index in [2.05, 4.69) is 15.1 Å². The third-order valence-corrected chi connectivity index (χ3v) is 5.61. The molecule has 1 aliphatic heterocycles. The Morgan fingerprint density at radius 3 is 2.72 bits per heavy atom. The van der Waals surface area contributed by atoms with Gasteiger partial charge in [0.1, 0.15) is 0 Å². The van der Waals surface area contributed by atoms with Gasteiger partial charge in [-0.3, -0.25) is 9.36 Å². The zero-order valence-electron chi connectivity index (χ0n) is 17.4.